The molecule has 0 aliphatic carbocycles. The van der Waals surface area contributed by atoms with Gasteiger partial charge in [-0.15, -0.1) is 0 Å². The normalized spacial score (nSPS) is 11.6. The Labute approximate surface area is 291 Å². The number of carbonyl (C=O) groups is 2. The smallest absolute Gasteiger partial charge is 0.744 e. The van der Waals surface area contributed by atoms with Crippen LogP contribution >= 0.6 is 0 Å². The van der Waals surface area contributed by atoms with Gasteiger partial charge in [0.15, 0.2) is 0 Å². The summed E-state index contributed by atoms with van der Waals surface area (Å²) in [5.74, 6) is -1.58. The second-order valence-electron chi connectivity index (χ2n) is 10.0. The Hall–Kier alpha value is -0.814. The minimum Gasteiger partial charge on any atom is -0.744 e. The predicted octanol–water partition coefficient (Wildman–Crippen LogP) is 5.30. The van der Waals surface area contributed by atoms with Crippen LogP contribution in [0.2, 0.25) is 0 Å². The van der Waals surface area contributed by atoms with E-state index in [4.69, 9.17) is 9.47 Å². The molecule has 0 aliphatic rings. The molecule has 226 valence electrons. The van der Waals surface area contributed by atoms with Gasteiger partial charge >= 0.3 is 63.3 Å². The van der Waals surface area contributed by atoms with E-state index in [0.29, 0.717) is 12.8 Å². The molecule has 9 heteroatoms. The van der Waals surface area contributed by atoms with Gasteiger partial charge in [0.05, 0.1) is 29.2 Å². The van der Waals surface area contributed by atoms with Crippen molar-refractivity contribution in [2.75, 3.05) is 13.2 Å². The summed E-state index contributed by atoms with van der Waals surface area (Å²) in [4.78, 5) is 24.8. The molecular weight excluding hydrogens is 568 g/mol. The van der Waals surface area contributed by atoms with Gasteiger partial charge in [-0.2, -0.15) is 0 Å². The molecule has 0 N–H and O–H groups in total. The van der Waals surface area contributed by atoms with E-state index in [9.17, 15) is 22.6 Å². The number of carbonyl (C=O) groups excluding carboxylic acids is 2. The number of ether oxygens (including phenoxy) is 2. The van der Waals surface area contributed by atoms with Gasteiger partial charge in [-0.25, -0.2) is 18.0 Å². The first kappa shape index (κ1) is 40.2. The number of benzene rings is 1. The molecule has 1 aromatic carbocycles. The summed E-state index contributed by atoms with van der Waals surface area (Å²) in [6, 6.07) is 3.07. The molecule has 0 atom stereocenters. The summed E-state index contributed by atoms with van der Waals surface area (Å²) >= 11 is 0. The Kier molecular flexibility index (Phi) is 25.2. The fourth-order valence-electron chi connectivity index (χ4n) is 4.22. The largest absolute Gasteiger partial charge is 1.00 e. The van der Waals surface area contributed by atoms with Crippen LogP contribution in [0.4, 0.5) is 0 Å². The van der Waals surface area contributed by atoms with Crippen LogP contribution in [0.3, 0.4) is 0 Å². The Morgan fingerprint density at radius 3 is 1.51 bits per heavy atom. The SMILES string of the molecule is CC/C=C/CCCCCCCCOC(=O)c1ccc(S(=O)(=O)[O-])cc1C(=O)OCCCCCCCC/C=C/CC.[K+]. The minimum absolute atomic E-state index is 0. The zero-order valence-electron chi connectivity index (χ0n) is 25.5. The molecular formula is C32H49KO7S. The van der Waals surface area contributed by atoms with Crippen LogP contribution in [0.25, 0.3) is 0 Å². The van der Waals surface area contributed by atoms with Crippen molar-refractivity contribution in [2.24, 2.45) is 0 Å². The van der Waals surface area contributed by atoms with Gasteiger partial charge in [0.25, 0.3) is 0 Å². The molecule has 0 amide bonds. The van der Waals surface area contributed by atoms with Gasteiger partial charge in [-0.3, -0.25) is 0 Å². The molecule has 0 radical (unpaired) electrons. The third-order valence-corrected chi connectivity index (χ3v) is 7.35. The topological polar surface area (TPSA) is 110 Å². The van der Waals surface area contributed by atoms with Crippen molar-refractivity contribution in [1.82, 2.24) is 0 Å². The van der Waals surface area contributed by atoms with Gasteiger partial charge < -0.3 is 14.0 Å². The van der Waals surface area contributed by atoms with Crippen molar-refractivity contribution in [3.8, 4) is 0 Å². The van der Waals surface area contributed by atoms with Crippen molar-refractivity contribution in [2.45, 2.75) is 121 Å². The maximum absolute atomic E-state index is 12.7. The van der Waals surface area contributed by atoms with Gasteiger partial charge in [-0.05, 0) is 69.6 Å². The van der Waals surface area contributed by atoms with Crippen LogP contribution in [0.15, 0.2) is 47.4 Å². The first-order chi connectivity index (χ1) is 19.3. The molecule has 0 aliphatic heterocycles. The minimum atomic E-state index is -4.80. The number of hydrogen-bond donors (Lipinski definition) is 0. The molecule has 0 spiro atoms. The third-order valence-electron chi connectivity index (χ3n) is 6.52. The van der Waals surface area contributed by atoms with Crippen molar-refractivity contribution in [1.29, 1.82) is 0 Å². The summed E-state index contributed by atoms with van der Waals surface area (Å²) in [5.41, 5.74) is -0.367. The number of hydrogen-bond acceptors (Lipinski definition) is 7. The molecule has 0 bridgehead atoms. The standard InChI is InChI=1S/C32H50O7S.K/c1-3-5-7-9-11-13-15-17-19-21-25-38-31(33)29-24-23-28(40(35,36)37)27-30(29)32(34)39-26-22-20-18-16-14-12-10-8-6-4-2;/h5-8,23-24,27H,3-4,9-22,25-26H2,1-2H3,(H,35,36,37);/q;+1/p-1/b7-5+,8-6+;. The van der Waals surface area contributed by atoms with E-state index in [1.54, 1.807) is 0 Å². The van der Waals surface area contributed by atoms with Gasteiger partial charge in [0.2, 0.25) is 0 Å². The molecule has 1 rings (SSSR count). The van der Waals surface area contributed by atoms with E-state index < -0.39 is 27.0 Å². The zero-order chi connectivity index (χ0) is 29.5. The number of esters is 2. The van der Waals surface area contributed by atoms with Crippen LogP contribution in [0.1, 0.15) is 137 Å². The predicted molar refractivity (Wildman–Crippen MR) is 158 cm³/mol. The van der Waals surface area contributed by atoms with Crippen molar-refractivity contribution < 1.29 is 83.4 Å². The number of allylic oxidation sites excluding steroid dienone is 4. The number of unbranched alkanes of at least 4 members (excludes halogenated alkanes) is 12. The van der Waals surface area contributed by atoms with E-state index in [-0.39, 0.29) is 75.7 Å². The van der Waals surface area contributed by atoms with Gasteiger partial charge in [-0.1, -0.05) is 89.5 Å². The zero-order valence-corrected chi connectivity index (χ0v) is 29.5. The first-order valence-corrected chi connectivity index (χ1v) is 16.5. The monoisotopic (exact) mass is 616 g/mol. The van der Waals surface area contributed by atoms with Crippen LogP contribution in [0.5, 0.6) is 0 Å². The fraction of sp³-hybridized carbons (Fsp3) is 0.625. The Morgan fingerprint density at radius 2 is 1.07 bits per heavy atom. The molecule has 41 heavy (non-hydrogen) atoms. The molecule has 0 saturated heterocycles. The molecule has 1 aromatic rings. The molecule has 0 heterocycles. The average molecular weight is 617 g/mol. The molecule has 0 aromatic heterocycles. The van der Waals surface area contributed by atoms with E-state index in [2.05, 4.69) is 38.2 Å². The second-order valence-corrected chi connectivity index (χ2v) is 11.4. The molecule has 0 fully saturated rings. The van der Waals surface area contributed by atoms with Crippen molar-refractivity contribution >= 4 is 22.1 Å². The van der Waals surface area contributed by atoms with Crippen LogP contribution in [0, 0.1) is 0 Å². The van der Waals surface area contributed by atoms with Crippen LogP contribution < -0.4 is 51.4 Å². The van der Waals surface area contributed by atoms with Gasteiger partial charge in [0.1, 0.15) is 10.1 Å². The second kappa shape index (κ2) is 25.7. The van der Waals surface area contributed by atoms with E-state index in [0.717, 1.165) is 88.8 Å². The molecule has 0 saturated carbocycles. The quantitative estimate of drug-likeness (QED) is 0.0539. The Morgan fingerprint density at radius 1 is 0.659 bits per heavy atom. The Bertz CT molecular complexity index is 1020. The first-order valence-electron chi connectivity index (χ1n) is 15.0. The van der Waals surface area contributed by atoms with Crippen LogP contribution in [-0.2, 0) is 19.6 Å². The fourth-order valence-corrected chi connectivity index (χ4v) is 4.72. The summed E-state index contributed by atoms with van der Waals surface area (Å²) in [7, 11) is -4.80. The third kappa shape index (κ3) is 19.9. The summed E-state index contributed by atoms with van der Waals surface area (Å²) in [5, 5.41) is 0. The molecule has 0 unspecified atom stereocenters. The van der Waals surface area contributed by atoms with E-state index in [1.807, 2.05) is 0 Å². The summed E-state index contributed by atoms with van der Waals surface area (Å²) in [6.07, 6.45) is 25.3. The van der Waals surface area contributed by atoms with Crippen LogP contribution in [-0.4, -0.2) is 38.1 Å². The number of rotatable bonds is 23. The summed E-state index contributed by atoms with van der Waals surface area (Å²) in [6.45, 7) is 4.59. The Balaban J connectivity index is 0.0000160. The van der Waals surface area contributed by atoms with E-state index in [1.165, 1.54) is 19.3 Å². The summed E-state index contributed by atoms with van der Waals surface area (Å²) < 4.78 is 45.2. The maximum atomic E-state index is 12.7. The molecule has 7 nitrogen and oxygen atoms in total. The van der Waals surface area contributed by atoms with Gasteiger partial charge in [0, 0.05) is 0 Å². The van der Waals surface area contributed by atoms with E-state index >= 15 is 0 Å². The van der Waals surface area contributed by atoms with Crippen molar-refractivity contribution in [3.05, 3.63) is 53.6 Å². The van der Waals surface area contributed by atoms with Crippen molar-refractivity contribution in [3.63, 3.8) is 0 Å². The maximum Gasteiger partial charge on any atom is 1.00 e. The average Bonchev–Trinajstić information content (AvgIpc) is 2.93.